The van der Waals surface area contributed by atoms with E-state index in [0.717, 1.165) is 29.8 Å². The van der Waals surface area contributed by atoms with Crippen LogP contribution in [0.15, 0.2) is 24.4 Å². The molecule has 18 heavy (non-hydrogen) atoms. The molecule has 0 aliphatic heterocycles. The fraction of sp³-hybridized carbons (Fsp3) is 0.308. The molecular formula is C13H12Cl2N2O. The quantitative estimate of drug-likeness (QED) is 0.935. The Kier molecular flexibility index (Phi) is 3.06. The lowest BCUT2D eigenvalue weighted by atomic mass is 10.2. The molecule has 1 aromatic carbocycles. The van der Waals surface area contributed by atoms with Gasteiger partial charge in [-0.25, -0.2) is 4.68 Å². The Morgan fingerprint density at radius 2 is 2.11 bits per heavy atom. The second-order valence-electron chi connectivity index (χ2n) is 4.49. The summed E-state index contributed by atoms with van der Waals surface area (Å²) >= 11 is 12.1. The van der Waals surface area contributed by atoms with E-state index in [1.807, 2.05) is 10.7 Å². The highest BCUT2D eigenvalue weighted by Gasteiger charge is 2.30. The smallest absolute Gasteiger partial charge is 0.0836 e. The van der Waals surface area contributed by atoms with E-state index in [9.17, 15) is 5.11 Å². The van der Waals surface area contributed by atoms with Gasteiger partial charge in [0.05, 0.1) is 29.2 Å². The SMILES string of the molecule is OCc1cnn(-c2ccc(Cl)cc2Cl)c1C1CC1. The summed E-state index contributed by atoms with van der Waals surface area (Å²) in [5, 5.41) is 14.9. The molecule has 2 aromatic rings. The molecule has 1 aliphatic carbocycles. The third kappa shape index (κ3) is 2.03. The lowest BCUT2D eigenvalue weighted by Gasteiger charge is -2.10. The molecule has 1 heterocycles. The van der Waals surface area contributed by atoms with Gasteiger partial charge in [0.2, 0.25) is 0 Å². The van der Waals surface area contributed by atoms with Crippen LogP contribution in [0.3, 0.4) is 0 Å². The van der Waals surface area contributed by atoms with Crippen molar-refractivity contribution in [2.24, 2.45) is 0 Å². The van der Waals surface area contributed by atoms with Crippen molar-refractivity contribution in [3.05, 3.63) is 45.7 Å². The minimum atomic E-state index is 0.0110. The summed E-state index contributed by atoms with van der Waals surface area (Å²) in [6, 6.07) is 5.35. The molecule has 1 aliphatic rings. The van der Waals surface area contributed by atoms with Gasteiger partial charge in [-0.15, -0.1) is 0 Å². The first-order chi connectivity index (χ1) is 8.70. The summed E-state index contributed by atoms with van der Waals surface area (Å²) in [4.78, 5) is 0. The zero-order valence-electron chi connectivity index (χ0n) is 9.61. The van der Waals surface area contributed by atoms with Crippen LogP contribution in [0.4, 0.5) is 0 Å². The van der Waals surface area contributed by atoms with Crippen LogP contribution < -0.4 is 0 Å². The fourth-order valence-electron chi connectivity index (χ4n) is 2.15. The van der Waals surface area contributed by atoms with Gasteiger partial charge in [0.25, 0.3) is 0 Å². The van der Waals surface area contributed by atoms with E-state index in [1.165, 1.54) is 0 Å². The molecule has 0 unspecified atom stereocenters. The summed E-state index contributed by atoms with van der Waals surface area (Å²) in [7, 11) is 0. The highest BCUT2D eigenvalue weighted by atomic mass is 35.5. The van der Waals surface area contributed by atoms with Crippen LogP contribution in [0.1, 0.15) is 30.0 Å². The van der Waals surface area contributed by atoms with Crippen molar-refractivity contribution in [2.45, 2.75) is 25.4 Å². The molecule has 1 N–H and O–H groups in total. The first kappa shape index (κ1) is 12.0. The summed E-state index contributed by atoms with van der Waals surface area (Å²) in [6.07, 6.45) is 3.99. The molecular weight excluding hydrogens is 271 g/mol. The van der Waals surface area contributed by atoms with E-state index in [2.05, 4.69) is 5.10 Å². The van der Waals surface area contributed by atoms with Gasteiger partial charge in [-0.1, -0.05) is 23.2 Å². The van der Waals surface area contributed by atoms with Gasteiger partial charge in [0.1, 0.15) is 0 Å². The molecule has 3 nitrogen and oxygen atoms in total. The van der Waals surface area contributed by atoms with Gasteiger partial charge in [0.15, 0.2) is 0 Å². The molecule has 0 amide bonds. The summed E-state index contributed by atoms with van der Waals surface area (Å²) in [5.74, 6) is 0.487. The van der Waals surface area contributed by atoms with E-state index in [4.69, 9.17) is 23.2 Å². The second-order valence-corrected chi connectivity index (χ2v) is 5.34. The topological polar surface area (TPSA) is 38.1 Å². The molecule has 1 aromatic heterocycles. The number of aromatic nitrogens is 2. The van der Waals surface area contributed by atoms with Crippen molar-refractivity contribution in [1.82, 2.24) is 9.78 Å². The third-order valence-corrected chi connectivity index (χ3v) is 3.70. The van der Waals surface area contributed by atoms with Gasteiger partial charge in [-0.05, 0) is 31.0 Å². The van der Waals surface area contributed by atoms with E-state index in [0.29, 0.717) is 16.0 Å². The maximum absolute atomic E-state index is 9.36. The molecule has 1 saturated carbocycles. The average molecular weight is 283 g/mol. The number of hydrogen-bond donors (Lipinski definition) is 1. The zero-order valence-corrected chi connectivity index (χ0v) is 11.1. The van der Waals surface area contributed by atoms with Crippen LogP contribution in [0.5, 0.6) is 0 Å². The third-order valence-electron chi connectivity index (χ3n) is 3.16. The minimum absolute atomic E-state index is 0.0110. The maximum Gasteiger partial charge on any atom is 0.0836 e. The fourth-order valence-corrected chi connectivity index (χ4v) is 2.64. The van der Waals surface area contributed by atoms with E-state index in [-0.39, 0.29) is 6.61 Å². The van der Waals surface area contributed by atoms with Gasteiger partial charge in [0, 0.05) is 16.5 Å². The van der Waals surface area contributed by atoms with Crippen molar-refractivity contribution in [3.63, 3.8) is 0 Å². The molecule has 0 saturated heterocycles. The first-order valence-electron chi connectivity index (χ1n) is 5.84. The Labute approximate surface area is 115 Å². The summed E-state index contributed by atoms with van der Waals surface area (Å²) in [5.41, 5.74) is 2.76. The molecule has 5 heteroatoms. The van der Waals surface area contributed by atoms with Crippen molar-refractivity contribution >= 4 is 23.2 Å². The number of benzene rings is 1. The largest absolute Gasteiger partial charge is 0.392 e. The average Bonchev–Trinajstić information content (AvgIpc) is 3.09. The van der Waals surface area contributed by atoms with Gasteiger partial charge in [-0.2, -0.15) is 5.10 Å². The maximum atomic E-state index is 9.36. The zero-order chi connectivity index (χ0) is 12.7. The van der Waals surface area contributed by atoms with Crippen LogP contribution in [0.25, 0.3) is 5.69 Å². The Hall–Kier alpha value is -1.03. The van der Waals surface area contributed by atoms with E-state index >= 15 is 0 Å². The Morgan fingerprint density at radius 1 is 1.33 bits per heavy atom. The number of rotatable bonds is 3. The monoisotopic (exact) mass is 282 g/mol. The second kappa shape index (κ2) is 4.57. The van der Waals surface area contributed by atoms with Crippen LogP contribution >= 0.6 is 23.2 Å². The van der Waals surface area contributed by atoms with Gasteiger partial charge >= 0.3 is 0 Å². The summed E-state index contributed by atoms with van der Waals surface area (Å²) in [6.45, 7) is 0.0110. The number of nitrogens with zero attached hydrogens (tertiary/aromatic N) is 2. The summed E-state index contributed by atoms with van der Waals surface area (Å²) < 4.78 is 1.82. The highest BCUT2D eigenvalue weighted by molar-refractivity contribution is 6.35. The van der Waals surface area contributed by atoms with Crippen molar-refractivity contribution in [1.29, 1.82) is 0 Å². The standard InChI is InChI=1S/C13H12Cl2N2O/c14-10-3-4-12(11(15)5-10)17-13(8-1-2-8)9(7-18)6-16-17/h3-6,8,18H,1-2,7H2. The Balaban J connectivity index is 2.13. The molecule has 0 atom stereocenters. The molecule has 1 fully saturated rings. The first-order valence-corrected chi connectivity index (χ1v) is 6.59. The molecule has 3 rings (SSSR count). The number of hydrogen-bond acceptors (Lipinski definition) is 2. The van der Waals surface area contributed by atoms with E-state index < -0.39 is 0 Å². The number of aliphatic hydroxyl groups is 1. The van der Waals surface area contributed by atoms with Crippen LogP contribution in [0.2, 0.25) is 10.0 Å². The number of aliphatic hydroxyl groups excluding tert-OH is 1. The number of halogens is 2. The van der Waals surface area contributed by atoms with Gasteiger partial charge in [-0.3, -0.25) is 0 Å². The molecule has 0 spiro atoms. The van der Waals surface area contributed by atoms with Crippen LogP contribution in [-0.2, 0) is 6.61 Å². The van der Waals surface area contributed by atoms with Crippen molar-refractivity contribution in [2.75, 3.05) is 0 Å². The minimum Gasteiger partial charge on any atom is -0.392 e. The highest BCUT2D eigenvalue weighted by Crippen LogP contribution is 2.43. The Bertz CT molecular complexity index is 591. The van der Waals surface area contributed by atoms with Crippen LogP contribution in [0, 0.1) is 0 Å². The van der Waals surface area contributed by atoms with Crippen molar-refractivity contribution < 1.29 is 5.11 Å². The van der Waals surface area contributed by atoms with Crippen LogP contribution in [-0.4, -0.2) is 14.9 Å². The predicted molar refractivity (Wildman–Crippen MR) is 71.5 cm³/mol. The lowest BCUT2D eigenvalue weighted by Crippen LogP contribution is -2.03. The predicted octanol–water partition coefficient (Wildman–Crippen LogP) is 3.55. The normalized spacial score (nSPS) is 15.1. The molecule has 94 valence electrons. The molecule has 0 bridgehead atoms. The molecule has 0 radical (unpaired) electrons. The lowest BCUT2D eigenvalue weighted by molar-refractivity contribution is 0.280. The van der Waals surface area contributed by atoms with E-state index in [1.54, 1.807) is 18.3 Å². The Morgan fingerprint density at radius 3 is 2.72 bits per heavy atom. The van der Waals surface area contributed by atoms with Crippen molar-refractivity contribution in [3.8, 4) is 5.69 Å². The van der Waals surface area contributed by atoms with Gasteiger partial charge < -0.3 is 5.11 Å².